The number of hydrogen-bond donors (Lipinski definition) is 2. The molecule has 3 heteroatoms. The molecule has 1 aliphatic heterocycles. The molecule has 1 aromatic carbocycles. The Kier molecular flexibility index (Phi) is 2.87. The second kappa shape index (κ2) is 4.51. The molecule has 3 nitrogen and oxygen atoms in total. The second-order valence-electron chi connectivity index (χ2n) is 4.79. The first-order valence-electron chi connectivity index (χ1n) is 6.36. The lowest BCUT2D eigenvalue weighted by atomic mass is 10.0. The van der Waals surface area contributed by atoms with Crippen molar-refractivity contribution in [1.82, 2.24) is 15.2 Å². The molecule has 2 aromatic rings. The van der Waals surface area contributed by atoms with E-state index in [9.17, 15) is 0 Å². The molecule has 0 amide bonds. The fourth-order valence-electron chi connectivity index (χ4n) is 2.61. The number of H-pyrrole nitrogens is 1. The molecule has 0 radical (unpaired) electrons. The Hall–Kier alpha value is -1.32. The molecule has 0 saturated carbocycles. The first-order chi connectivity index (χ1) is 8.34. The van der Waals surface area contributed by atoms with Crippen LogP contribution in [0.2, 0.25) is 0 Å². The second-order valence-corrected chi connectivity index (χ2v) is 4.79. The number of nitrogens with zero attached hydrogens (tertiary/aromatic N) is 1. The number of benzene rings is 1. The Balaban J connectivity index is 1.86. The van der Waals surface area contributed by atoms with Gasteiger partial charge in [0.25, 0.3) is 0 Å². The summed E-state index contributed by atoms with van der Waals surface area (Å²) in [7, 11) is 0. The van der Waals surface area contributed by atoms with Gasteiger partial charge in [-0.15, -0.1) is 0 Å². The third-order valence-electron chi connectivity index (χ3n) is 3.76. The standard InChI is InChI=1S/C14H19N3/c1-11(17-8-6-15-7-9-17)12-2-3-14-13(10-12)4-5-16-14/h2-5,10-11,15-16H,6-9H2,1H3/t11-/m1/s1. The van der Waals surface area contributed by atoms with Gasteiger partial charge in [0.1, 0.15) is 0 Å². The van der Waals surface area contributed by atoms with E-state index in [0.29, 0.717) is 6.04 Å². The van der Waals surface area contributed by atoms with Gasteiger partial charge in [0.15, 0.2) is 0 Å². The SMILES string of the molecule is C[C@H](c1ccc2[nH]ccc2c1)N1CCNCC1. The summed E-state index contributed by atoms with van der Waals surface area (Å²) in [5.41, 5.74) is 2.64. The normalized spacial score (nSPS) is 19.6. The van der Waals surface area contributed by atoms with Gasteiger partial charge in [0.05, 0.1) is 0 Å². The van der Waals surface area contributed by atoms with Crippen molar-refractivity contribution in [2.45, 2.75) is 13.0 Å². The minimum absolute atomic E-state index is 0.511. The summed E-state index contributed by atoms with van der Waals surface area (Å²) < 4.78 is 0. The van der Waals surface area contributed by atoms with Gasteiger partial charge in [-0.2, -0.15) is 0 Å². The van der Waals surface area contributed by atoms with E-state index in [1.54, 1.807) is 0 Å². The number of nitrogens with one attached hydrogen (secondary N) is 2. The molecule has 1 aliphatic rings. The molecular formula is C14H19N3. The third kappa shape index (κ3) is 2.08. The summed E-state index contributed by atoms with van der Waals surface area (Å²) in [5.74, 6) is 0. The lowest BCUT2D eigenvalue weighted by Crippen LogP contribution is -2.44. The highest BCUT2D eigenvalue weighted by Gasteiger charge is 2.17. The third-order valence-corrected chi connectivity index (χ3v) is 3.76. The van der Waals surface area contributed by atoms with Gasteiger partial charge >= 0.3 is 0 Å². The van der Waals surface area contributed by atoms with E-state index in [4.69, 9.17) is 0 Å². The van der Waals surface area contributed by atoms with Crippen LogP contribution in [0, 0.1) is 0 Å². The van der Waals surface area contributed by atoms with E-state index in [0.717, 1.165) is 26.2 Å². The maximum Gasteiger partial charge on any atom is 0.0454 e. The van der Waals surface area contributed by atoms with Gasteiger partial charge in [0, 0.05) is 43.9 Å². The van der Waals surface area contributed by atoms with Crippen molar-refractivity contribution in [3.63, 3.8) is 0 Å². The van der Waals surface area contributed by atoms with Crippen molar-refractivity contribution in [3.05, 3.63) is 36.0 Å². The highest BCUT2D eigenvalue weighted by molar-refractivity contribution is 5.80. The zero-order valence-electron chi connectivity index (χ0n) is 10.2. The minimum Gasteiger partial charge on any atom is -0.361 e. The Morgan fingerprint density at radius 2 is 2.00 bits per heavy atom. The summed E-state index contributed by atoms with van der Waals surface area (Å²) in [6.07, 6.45) is 2.00. The van der Waals surface area contributed by atoms with E-state index in [1.807, 2.05) is 6.20 Å². The van der Waals surface area contributed by atoms with Crippen LogP contribution in [-0.2, 0) is 0 Å². The van der Waals surface area contributed by atoms with Gasteiger partial charge in [-0.25, -0.2) is 0 Å². The molecule has 0 aliphatic carbocycles. The van der Waals surface area contributed by atoms with Gasteiger partial charge in [0.2, 0.25) is 0 Å². The number of aromatic nitrogens is 1. The quantitative estimate of drug-likeness (QED) is 0.826. The molecule has 17 heavy (non-hydrogen) atoms. The maximum absolute atomic E-state index is 3.40. The number of hydrogen-bond acceptors (Lipinski definition) is 2. The first-order valence-corrected chi connectivity index (χ1v) is 6.36. The molecule has 2 N–H and O–H groups in total. The van der Waals surface area contributed by atoms with Crippen LogP contribution in [-0.4, -0.2) is 36.1 Å². The van der Waals surface area contributed by atoms with Gasteiger partial charge in [-0.3, -0.25) is 4.90 Å². The van der Waals surface area contributed by atoms with Crippen LogP contribution >= 0.6 is 0 Å². The van der Waals surface area contributed by atoms with Crippen LogP contribution in [0.25, 0.3) is 10.9 Å². The van der Waals surface area contributed by atoms with E-state index in [2.05, 4.69) is 46.4 Å². The van der Waals surface area contributed by atoms with Crippen LogP contribution in [0.5, 0.6) is 0 Å². The van der Waals surface area contributed by atoms with E-state index >= 15 is 0 Å². The molecule has 1 saturated heterocycles. The number of aromatic amines is 1. The highest BCUT2D eigenvalue weighted by Crippen LogP contribution is 2.24. The fraction of sp³-hybridized carbons (Fsp3) is 0.429. The summed E-state index contributed by atoms with van der Waals surface area (Å²) in [5, 5.41) is 4.71. The summed E-state index contributed by atoms with van der Waals surface area (Å²) >= 11 is 0. The Morgan fingerprint density at radius 1 is 1.18 bits per heavy atom. The topological polar surface area (TPSA) is 31.1 Å². The summed E-state index contributed by atoms with van der Waals surface area (Å²) in [6.45, 7) is 6.81. The van der Waals surface area contributed by atoms with Crippen LogP contribution < -0.4 is 5.32 Å². The predicted molar refractivity (Wildman–Crippen MR) is 71.2 cm³/mol. The number of fused-ring (bicyclic) bond motifs is 1. The van der Waals surface area contributed by atoms with Crippen molar-refractivity contribution in [1.29, 1.82) is 0 Å². The van der Waals surface area contributed by atoms with Crippen molar-refractivity contribution < 1.29 is 0 Å². The Labute approximate surface area is 102 Å². The van der Waals surface area contributed by atoms with E-state index in [1.165, 1.54) is 16.5 Å². The van der Waals surface area contributed by atoms with Gasteiger partial charge in [-0.05, 0) is 36.1 Å². The minimum atomic E-state index is 0.511. The van der Waals surface area contributed by atoms with Gasteiger partial charge < -0.3 is 10.3 Å². The van der Waals surface area contributed by atoms with E-state index < -0.39 is 0 Å². The molecule has 1 atom stereocenters. The van der Waals surface area contributed by atoms with Crippen molar-refractivity contribution >= 4 is 10.9 Å². The molecular weight excluding hydrogens is 210 g/mol. The summed E-state index contributed by atoms with van der Waals surface area (Å²) in [4.78, 5) is 5.79. The molecule has 90 valence electrons. The monoisotopic (exact) mass is 229 g/mol. The Morgan fingerprint density at radius 3 is 2.82 bits per heavy atom. The highest BCUT2D eigenvalue weighted by atomic mass is 15.2. The molecule has 1 aromatic heterocycles. The van der Waals surface area contributed by atoms with E-state index in [-0.39, 0.29) is 0 Å². The van der Waals surface area contributed by atoms with Crippen molar-refractivity contribution in [2.24, 2.45) is 0 Å². The average Bonchev–Trinajstić information content (AvgIpc) is 2.86. The predicted octanol–water partition coefficient (Wildman–Crippen LogP) is 2.13. The molecule has 0 spiro atoms. The molecule has 3 rings (SSSR count). The molecule has 0 unspecified atom stereocenters. The lowest BCUT2D eigenvalue weighted by Gasteiger charge is -2.33. The van der Waals surface area contributed by atoms with Crippen molar-refractivity contribution in [3.8, 4) is 0 Å². The molecule has 1 fully saturated rings. The van der Waals surface area contributed by atoms with Crippen LogP contribution in [0.3, 0.4) is 0 Å². The molecule has 2 heterocycles. The van der Waals surface area contributed by atoms with Crippen LogP contribution in [0.1, 0.15) is 18.5 Å². The summed E-state index contributed by atoms with van der Waals surface area (Å²) in [6, 6.07) is 9.38. The van der Waals surface area contributed by atoms with Crippen molar-refractivity contribution in [2.75, 3.05) is 26.2 Å². The van der Waals surface area contributed by atoms with Crippen LogP contribution in [0.4, 0.5) is 0 Å². The smallest absolute Gasteiger partial charge is 0.0454 e. The van der Waals surface area contributed by atoms with Gasteiger partial charge in [-0.1, -0.05) is 6.07 Å². The molecule has 0 bridgehead atoms. The number of piperazine rings is 1. The van der Waals surface area contributed by atoms with Crippen LogP contribution in [0.15, 0.2) is 30.5 Å². The largest absolute Gasteiger partial charge is 0.361 e. The Bertz CT molecular complexity index is 497. The fourth-order valence-corrected chi connectivity index (χ4v) is 2.61. The number of rotatable bonds is 2. The zero-order valence-corrected chi connectivity index (χ0v) is 10.2. The average molecular weight is 229 g/mol. The zero-order chi connectivity index (χ0) is 11.7. The lowest BCUT2D eigenvalue weighted by molar-refractivity contribution is 0.185. The maximum atomic E-state index is 3.40. The first kappa shape index (κ1) is 10.8.